The third-order valence-corrected chi connectivity index (χ3v) is 2.59. The monoisotopic (exact) mass is 207 g/mol. The van der Waals surface area contributed by atoms with Gasteiger partial charge in [0, 0.05) is 12.6 Å². The predicted octanol–water partition coefficient (Wildman–Crippen LogP) is 0.919. The molecule has 0 bridgehead atoms. The fourth-order valence-corrected chi connectivity index (χ4v) is 1.85. The summed E-state index contributed by atoms with van der Waals surface area (Å²) >= 11 is 0. The van der Waals surface area contributed by atoms with E-state index in [4.69, 9.17) is 5.11 Å². The Morgan fingerprint density at radius 1 is 1.50 bits per heavy atom. The van der Waals surface area contributed by atoms with Crippen LogP contribution in [0.4, 0.5) is 8.78 Å². The van der Waals surface area contributed by atoms with E-state index in [0.29, 0.717) is 6.42 Å². The molecule has 2 N–H and O–H groups in total. The summed E-state index contributed by atoms with van der Waals surface area (Å²) in [5, 5.41) is 11.2. The molecule has 0 aromatic rings. The molecule has 1 aliphatic rings. The molecule has 1 saturated carbocycles. The quantitative estimate of drug-likeness (QED) is 0.723. The van der Waals surface area contributed by atoms with E-state index in [1.165, 1.54) is 0 Å². The number of hydrogen-bond acceptors (Lipinski definition) is 2. The van der Waals surface area contributed by atoms with E-state index in [9.17, 15) is 13.6 Å². The SMILES string of the molecule is O=C(NC1CCCC(CO)C1)C(F)F. The number of rotatable bonds is 3. The number of hydrogen-bond donors (Lipinski definition) is 2. The van der Waals surface area contributed by atoms with Crippen LogP contribution in [0.3, 0.4) is 0 Å². The first kappa shape index (κ1) is 11.4. The summed E-state index contributed by atoms with van der Waals surface area (Å²) in [5.41, 5.74) is 0. The van der Waals surface area contributed by atoms with Gasteiger partial charge in [-0.05, 0) is 25.2 Å². The van der Waals surface area contributed by atoms with Gasteiger partial charge in [-0.3, -0.25) is 4.79 Å². The van der Waals surface area contributed by atoms with Crippen LogP contribution in [0.15, 0.2) is 0 Å². The molecule has 1 rings (SSSR count). The summed E-state index contributed by atoms with van der Waals surface area (Å²) in [7, 11) is 0. The van der Waals surface area contributed by atoms with Crippen molar-refractivity contribution >= 4 is 5.91 Å². The summed E-state index contributed by atoms with van der Waals surface area (Å²) in [6, 6.07) is -0.192. The number of halogens is 2. The van der Waals surface area contributed by atoms with Crippen LogP contribution in [0.2, 0.25) is 0 Å². The van der Waals surface area contributed by atoms with Gasteiger partial charge in [-0.1, -0.05) is 6.42 Å². The predicted molar refractivity (Wildman–Crippen MR) is 47.0 cm³/mol. The van der Waals surface area contributed by atoms with Gasteiger partial charge in [-0.25, -0.2) is 0 Å². The van der Waals surface area contributed by atoms with Gasteiger partial charge >= 0.3 is 6.43 Å². The van der Waals surface area contributed by atoms with Crippen molar-refractivity contribution in [3.8, 4) is 0 Å². The lowest BCUT2D eigenvalue weighted by Gasteiger charge is -2.28. The second kappa shape index (κ2) is 5.24. The van der Waals surface area contributed by atoms with Gasteiger partial charge in [-0.2, -0.15) is 8.78 Å². The second-order valence-electron chi connectivity index (χ2n) is 3.72. The number of aliphatic hydroxyl groups excluding tert-OH is 1. The maximum absolute atomic E-state index is 11.9. The molecule has 82 valence electrons. The first-order valence-electron chi connectivity index (χ1n) is 4.83. The van der Waals surface area contributed by atoms with E-state index in [0.717, 1.165) is 19.3 Å². The van der Waals surface area contributed by atoms with Gasteiger partial charge in [0.2, 0.25) is 0 Å². The number of amides is 1. The highest BCUT2D eigenvalue weighted by molar-refractivity contribution is 5.79. The molecule has 0 aromatic carbocycles. The average molecular weight is 207 g/mol. The van der Waals surface area contributed by atoms with Crippen molar-refractivity contribution in [1.29, 1.82) is 0 Å². The molecule has 0 heterocycles. The number of nitrogens with one attached hydrogen (secondary N) is 1. The highest BCUT2D eigenvalue weighted by atomic mass is 19.3. The lowest BCUT2D eigenvalue weighted by atomic mass is 9.86. The molecule has 0 aliphatic heterocycles. The highest BCUT2D eigenvalue weighted by Crippen LogP contribution is 2.23. The second-order valence-corrected chi connectivity index (χ2v) is 3.72. The molecule has 2 atom stereocenters. The number of carbonyl (C=O) groups excluding carboxylic acids is 1. The highest BCUT2D eigenvalue weighted by Gasteiger charge is 2.25. The Labute approximate surface area is 81.5 Å². The van der Waals surface area contributed by atoms with E-state index in [2.05, 4.69) is 5.32 Å². The van der Waals surface area contributed by atoms with Crippen molar-refractivity contribution in [2.45, 2.75) is 38.2 Å². The summed E-state index contributed by atoms with van der Waals surface area (Å²) in [5.74, 6) is -1.06. The van der Waals surface area contributed by atoms with Crippen molar-refractivity contribution < 1.29 is 18.7 Å². The van der Waals surface area contributed by atoms with Crippen LogP contribution in [0.1, 0.15) is 25.7 Å². The number of carbonyl (C=O) groups is 1. The molecular weight excluding hydrogens is 192 g/mol. The minimum absolute atomic E-state index is 0.0705. The van der Waals surface area contributed by atoms with Crippen molar-refractivity contribution in [1.82, 2.24) is 5.32 Å². The average Bonchev–Trinajstić information content (AvgIpc) is 2.18. The maximum Gasteiger partial charge on any atom is 0.315 e. The molecule has 1 amide bonds. The van der Waals surface area contributed by atoms with Gasteiger partial charge in [0.15, 0.2) is 0 Å². The van der Waals surface area contributed by atoms with E-state index in [-0.39, 0.29) is 18.6 Å². The van der Waals surface area contributed by atoms with Crippen LogP contribution in [0.25, 0.3) is 0 Å². The topological polar surface area (TPSA) is 49.3 Å². The normalized spacial score (nSPS) is 27.7. The summed E-state index contributed by atoms with van der Waals surface area (Å²) in [6.45, 7) is 0.0705. The van der Waals surface area contributed by atoms with Crippen LogP contribution in [-0.2, 0) is 4.79 Å². The zero-order valence-electron chi connectivity index (χ0n) is 7.88. The lowest BCUT2D eigenvalue weighted by Crippen LogP contribution is -2.41. The molecule has 5 heteroatoms. The van der Waals surface area contributed by atoms with Crippen LogP contribution < -0.4 is 5.32 Å². The zero-order valence-corrected chi connectivity index (χ0v) is 7.88. The Kier molecular flexibility index (Phi) is 4.25. The minimum Gasteiger partial charge on any atom is -0.396 e. The third kappa shape index (κ3) is 3.21. The zero-order chi connectivity index (χ0) is 10.6. The largest absolute Gasteiger partial charge is 0.396 e. The van der Waals surface area contributed by atoms with Gasteiger partial charge in [0.05, 0.1) is 0 Å². The van der Waals surface area contributed by atoms with Gasteiger partial charge < -0.3 is 10.4 Å². The first-order chi connectivity index (χ1) is 6.63. The van der Waals surface area contributed by atoms with Crippen molar-refractivity contribution in [2.24, 2.45) is 5.92 Å². The summed E-state index contributed by atoms with van der Waals surface area (Å²) < 4.78 is 23.8. The number of alkyl halides is 2. The fourth-order valence-electron chi connectivity index (χ4n) is 1.85. The summed E-state index contributed by atoms with van der Waals surface area (Å²) in [6.07, 6.45) is 0.186. The Morgan fingerprint density at radius 3 is 2.79 bits per heavy atom. The maximum atomic E-state index is 11.9. The standard InChI is InChI=1S/C9H15F2NO2/c10-8(11)9(14)12-7-3-1-2-6(4-7)5-13/h6-8,13H,1-5H2,(H,12,14). The Morgan fingerprint density at radius 2 is 2.21 bits per heavy atom. The summed E-state index contributed by atoms with van der Waals surface area (Å²) in [4.78, 5) is 10.7. The molecule has 0 aromatic heterocycles. The first-order valence-corrected chi connectivity index (χ1v) is 4.83. The van der Waals surface area contributed by atoms with Crippen LogP contribution in [-0.4, -0.2) is 30.1 Å². The minimum atomic E-state index is -2.94. The Balaban J connectivity index is 2.34. The smallest absolute Gasteiger partial charge is 0.315 e. The lowest BCUT2D eigenvalue weighted by molar-refractivity contribution is -0.132. The molecule has 3 nitrogen and oxygen atoms in total. The molecule has 1 aliphatic carbocycles. The van der Waals surface area contributed by atoms with Crippen molar-refractivity contribution in [3.05, 3.63) is 0 Å². The molecule has 0 radical (unpaired) electrons. The molecule has 0 saturated heterocycles. The van der Waals surface area contributed by atoms with Crippen molar-refractivity contribution in [2.75, 3.05) is 6.61 Å². The molecule has 2 unspecified atom stereocenters. The van der Waals surface area contributed by atoms with E-state index in [1.807, 2.05) is 0 Å². The van der Waals surface area contributed by atoms with Gasteiger partial charge in [-0.15, -0.1) is 0 Å². The molecular formula is C9H15F2NO2. The third-order valence-electron chi connectivity index (χ3n) is 2.59. The van der Waals surface area contributed by atoms with Gasteiger partial charge in [0.1, 0.15) is 0 Å². The van der Waals surface area contributed by atoms with E-state index < -0.39 is 12.3 Å². The Hall–Kier alpha value is -0.710. The number of aliphatic hydroxyl groups is 1. The van der Waals surface area contributed by atoms with Gasteiger partial charge in [0.25, 0.3) is 5.91 Å². The molecule has 0 spiro atoms. The van der Waals surface area contributed by atoms with Crippen LogP contribution in [0, 0.1) is 5.92 Å². The van der Waals surface area contributed by atoms with E-state index in [1.54, 1.807) is 0 Å². The molecule has 1 fully saturated rings. The van der Waals surface area contributed by atoms with Crippen LogP contribution >= 0.6 is 0 Å². The van der Waals surface area contributed by atoms with Crippen molar-refractivity contribution in [3.63, 3.8) is 0 Å². The van der Waals surface area contributed by atoms with E-state index >= 15 is 0 Å². The van der Waals surface area contributed by atoms with Crippen LogP contribution in [0.5, 0.6) is 0 Å². The fraction of sp³-hybridized carbons (Fsp3) is 0.889. The Bertz CT molecular complexity index is 199. The molecule has 14 heavy (non-hydrogen) atoms.